The van der Waals surface area contributed by atoms with E-state index in [2.05, 4.69) is 18.4 Å². The Morgan fingerprint density at radius 2 is 1.86 bits per heavy atom. The maximum Gasteiger partial charge on any atom is 0.0983 e. The summed E-state index contributed by atoms with van der Waals surface area (Å²) in [5, 5.41) is 0. The topological polar surface area (TPSA) is 0 Å². The highest BCUT2D eigenvalue weighted by atomic mass is 13.9. The van der Waals surface area contributed by atoms with Crippen LogP contribution < -0.4 is 0 Å². The third kappa shape index (κ3) is 1.68. The first-order valence-electron chi connectivity index (χ1n) is 1.90. The van der Waals surface area contributed by atoms with Crippen molar-refractivity contribution in [2.45, 2.75) is 0 Å². The van der Waals surface area contributed by atoms with Crippen molar-refractivity contribution in [3.8, 4) is 24.7 Å². The van der Waals surface area contributed by atoms with Gasteiger partial charge >= 0.3 is 0 Å². The van der Waals surface area contributed by atoms with E-state index >= 15 is 0 Å². The van der Waals surface area contributed by atoms with Crippen molar-refractivity contribution in [1.82, 2.24) is 0 Å². The molecule has 0 radical (unpaired) electrons. The summed E-state index contributed by atoms with van der Waals surface area (Å²) < 4.78 is 0. The van der Waals surface area contributed by atoms with E-state index in [-0.39, 0.29) is 5.92 Å². The van der Waals surface area contributed by atoms with Crippen molar-refractivity contribution in [1.29, 1.82) is 0 Å². The quantitative estimate of drug-likeness (QED) is 0.333. The van der Waals surface area contributed by atoms with E-state index in [1.807, 2.05) is 0 Å². The van der Waals surface area contributed by atoms with Crippen LogP contribution >= 0.6 is 0 Å². The molecule has 0 saturated carbocycles. The van der Waals surface area contributed by atoms with Crippen LogP contribution in [0, 0.1) is 30.6 Å². The summed E-state index contributed by atoms with van der Waals surface area (Å²) in [5.41, 5.74) is 0. The van der Waals surface area contributed by atoms with Crippen LogP contribution in [0.25, 0.3) is 0 Å². The third-order valence-corrected chi connectivity index (χ3v) is 0.595. The Labute approximate surface area is 44.2 Å². The Morgan fingerprint density at radius 1 is 1.43 bits per heavy atom. The van der Waals surface area contributed by atoms with Gasteiger partial charge in [-0.15, -0.1) is 19.4 Å². The van der Waals surface area contributed by atoms with E-state index in [1.165, 1.54) is 0 Å². The van der Waals surface area contributed by atoms with Crippen molar-refractivity contribution < 1.29 is 0 Å². The van der Waals surface area contributed by atoms with Gasteiger partial charge in [-0.05, 0) is 0 Å². The lowest BCUT2D eigenvalue weighted by Gasteiger charge is -1.85. The van der Waals surface area contributed by atoms with Crippen LogP contribution in [0.3, 0.4) is 0 Å². The van der Waals surface area contributed by atoms with Gasteiger partial charge in [0.2, 0.25) is 0 Å². The predicted molar refractivity (Wildman–Crippen MR) is 31.4 cm³/mol. The van der Waals surface area contributed by atoms with E-state index in [9.17, 15) is 0 Å². The first-order valence-corrected chi connectivity index (χ1v) is 1.90. The third-order valence-electron chi connectivity index (χ3n) is 0.595. The van der Waals surface area contributed by atoms with Crippen LogP contribution in [0.15, 0.2) is 12.7 Å². The number of hydrogen-bond acceptors (Lipinski definition) is 0. The molecule has 0 aromatic carbocycles. The Hall–Kier alpha value is -1.14. The highest BCUT2D eigenvalue weighted by molar-refractivity contribution is 5.16. The molecule has 0 aromatic heterocycles. The summed E-state index contributed by atoms with van der Waals surface area (Å²) in [7, 11) is 0. The molecule has 0 unspecified atom stereocenters. The molecule has 0 heterocycles. The molecule has 0 fully saturated rings. The van der Waals surface area contributed by atoms with Crippen molar-refractivity contribution >= 4 is 0 Å². The van der Waals surface area contributed by atoms with Gasteiger partial charge < -0.3 is 0 Å². The largest absolute Gasteiger partial charge is 0.118 e. The second kappa shape index (κ2) is 3.07. The van der Waals surface area contributed by atoms with Gasteiger partial charge in [0.25, 0.3) is 0 Å². The second-order valence-corrected chi connectivity index (χ2v) is 1.05. The lowest BCUT2D eigenvalue weighted by molar-refractivity contribution is 1.19. The molecule has 0 spiro atoms. The Balaban J connectivity index is 3.73. The summed E-state index contributed by atoms with van der Waals surface area (Å²) in [5.74, 6) is 4.50. The number of rotatable bonds is 1. The van der Waals surface area contributed by atoms with Crippen LogP contribution in [-0.4, -0.2) is 0 Å². The zero-order chi connectivity index (χ0) is 5.70. The zero-order valence-corrected chi connectivity index (χ0v) is 4.02. The van der Waals surface area contributed by atoms with Crippen LogP contribution in [0.5, 0.6) is 0 Å². The fourth-order valence-electron chi connectivity index (χ4n) is 0.184. The Kier molecular flexibility index (Phi) is 2.57. The second-order valence-electron chi connectivity index (χ2n) is 1.05. The van der Waals surface area contributed by atoms with Gasteiger partial charge in [0, 0.05) is 0 Å². The predicted octanol–water partition coefficient (Wildman–Crippen LogP) is 1.05. The summed E-state index contributed by atoms with van der Waals surface area (Å²) in [6.45, 7) is 3.42. The molecule has 0 aliphatic rings. The van der Waals surface area contributed by atoms with Crippen molar-refractivity contribution in [3.63, 3.8) is 0 Å². The van der Waals surface area contributed by atoms with Gasteiger partial charge in [-0.3, -0.25) is 0 Å². The molecule has 7 heavy (non-hydrogen) atoms. The SMILES string of the molecule is C#CC(C#C)C=C. The normalized spacial score (nSPS) is 6.71. The molecule has 0 N–H and O–H groups in total. The van der Waals surface area contributed by atoms with Crippen molar-refractivity contribution in [2.75, 3.05) is 0 Å². The molecule has 0 amide bonds. The molecule has 0 atom stereocenters. The summed E-state index contributed by atoms with van der Waals surface area (Å²) in [6, 6.07) is 0. The molecule has 0 aliphatic carbocycles. The highest BCUT2D eigenvalue weighted by Gasteiger charge is 1.84. The number of hydrogen-bond donors (Lipinski definition) is 0. The van der Waals surface area contributed by atoms with Crippen LogP contribution in [0.1, 0.15) is 0 Å². The Bertz CT molecular complexity index is 115. The van der Waals surface area contributed by atoms with Crippen LogP contribution in [-0.2, 0) is 0 Å². The first-order chi connectivity index (χ1) is 3.35. The van der Waals surface area contributed by atoms with Gasteiger partial charge in [-0.25, -0.2) is 0 Å². The summed E-state index contributed by atoms with van der Waals surface area (Å²) in [6.07, 6.45) is 11.4. The molecular formula is C7H6. The zero-order valence-electron chi connectivity index (χ0n) is 4.02. The molecule has 0 saturated heterocycles. The minimum atomic E-state index is -0.194. The monoisotopic (exact) mass is 90.0 g/mol. The van der Waals surface area contributed by atoms with E-state index < -0.39 is 0 Å². The summed E-state index contributed by atoms with van der Waals surface area (Å²) >= 11 is 0. The molecule has 0 aliphatic heterocycles. The smallest absolute Gasteiger partial charge is 0.0983 e. The maximum absolute atomic E-state index is 4.93. The Morgan fingerprint density at radius 3 is 1.86 bits per heavy atom. The highest BCUT2D eigenvalue weighted by Crippen LogP contribution is 1.88. The molecular weight excluding hydrogens is 84.1 g/mol. The van der Waals surface area contributed by atoms with Gasteiger partial charge in [-0.2, -0.15) is 0 Å². The number of allylic oxidation sites excluding steroid dienone is 1. The van der Waals surface area contributed by atoms with Crippen molar-refractivity contribution in [2.24, 2.45) is 5.92 Å². The van der Waals surface area contributed by atoms with E-state index in [0.29, 0.717) is 0 Å². The van der Waals surface area contributed by atoms with Gasteiger partial charge in [0.05, 0.1) is 5.92 Å². The average molecular weight is 90.1 g/mol. The molecule has 0 bridgehead atoms. The molecule has 0 heteroatoms. The fourth-order valence-corrected chi connectivity index (χ4v) is 0.184. The lowest BCUT2D eigenvalue weighted by atomic mass is 10.2. The standard InChI is InChI=1S/C7H6/c1-4-7(5-2)6-3/h1-2,6-7H,3H2. The van der Waals surface area contributed by atoms with Crippen molar-refractivity contribution in [3.05, 3.63) is 12.7 Å². The minimum absolute atomic E-state index is 0.194. The average Bonchev–Trinajstić information content (AvgIpc) is 1.72. The summed E-state index contributed by atoms with van der Waals surface area (Å²) in [4.78, 5) is 0. The van der Waals surface area contributed by atoms with Gasteiger partial charge in [0.1, 0.15) is 0 Å². The van der Waals surface area contributed by atoms with E-state index in [4.69, 9.17) is 12.8 Å². The maximum atomic E-state index is 4.93. The van der Waals surface area contributed by atoms with E-state index in [0.717, 1.165) is 0 Å². The lowest BCUT2D eigenvalue weighted by Crippen LogP contribution is -1.81. The van der Waals surface area contributed by atoms with Gasteiger partial charge in [-0.1, -0.05) is 17.9 Å². The molecule has 34 valence electrons. The molecule has 0 nitrogen and oxygen atoms in total. The first kappa shape index (κ1) is 5.86. The van der Waals surface area contributed by atoms with Crippen LogP contribution in [0.2, 0.25) is 0 Å². The fraction of sp³-hybridized carbons (Fsp3) is 0.143. The molecule has 0 aromatic rings. The minimum Gasteiger partial charge on any atom is -0.118 e. The number of terminal acetylenes is 2. The molecule has 0 rings (SSSR count). The van der Waals surface area contributed by atoms with Gasteiger partial charge in [0.15, 0.2) is 0 Å². The van der Waals surface area contributed by atoms with E-state index in [1.54, 1.807) is 6.08 Å². The van der Waals surface area contributed by atoms with Crippen LogP contribution in [0.4, 0.5) is 0 Å².